The third kappa shape index (κ3) is 4.16. The minimum atomic E-state index is -3.07. The van der Waals surface area contributed by atoms with Crippen molar-refractivity contribution in [2.75, 3.05) is 16.8 Å². The Kier molecular flexibility index (Phi) is 5.12. The molecule has 1 saturated heterocycles. The van der Waals surface area contributed by atoms with E-state index in [-0.39, 0.29) is 28.9 Å². The van der Waals surface area contributed by atoms with Crippen LogP contribution in [0.15, 0.2) is 30.3 Å². The number of hydrogen-bond donors (Lipinski definition) is 1. The van der Waals surface area contributed by atoms with E-state index in [1.54, 1.807) is 4.68 Å². The first-order valence-electron chi connectivity index (χ1n) is 11.5. The SMILES string of the molecule is Cc1nn([C@@H]2CCS(=O)(=O)C2)c2nc(C3CC3)cc(C(=O)Nc3ccccc3C(C)(C)C)c12. The molecule has 1 aromatic carbocycles. The van der Waals surface area contributed by atoms with Crippen LogP contribution >= 0.6 is 0 Å². The van der Waals surface area contributed by atoms with Crippen molar-refractivity contribution in [3.05, 3.63) is 52.8 Å². The normalized spacial score (nSPS) is 20.3. The Bertz CT molecular complexity index is 1360. The molecule has 1 amide bonds. The molecule has 1 N–H and O–H groups in total. The third-order valence-corrected chi connectivity index (χ3v) is 8.38. The third-order valence-electron chi connectivity index (χ3n) is 6.63. The number of amides is 1. The molecule has 0 radical (unpaired) electrons. The molecule has 2 aromatic heterocycles. The number of fused-ring (bicyclic) bond motifs is 1. The van der Waals surface area contributed by atoms with Crippen LogP contribution in [0.4, 0.5) is 5.69 Å². The molecule has 5 rings (SSSR count). The lowest BCUT2D eigenvalue weighted by Gasteiger charge is -2.23. The van der Waals surface area contributed by atoms with Gasteiger partial charge in [0.1, 0.15) is 0 Å². The van der Waals surface area contributed by atoms with Gasteiger partial charge in [0.25, 0.3) is 5.91 Å². The minimum Gasteiger partial charge on any atom is -0.322 e. The summed E-state index contributed by atoms with van der Waals surface area (Å²) in [6, 6.07) is 9.53. The van der Waals surface area contributed by atoms with Crippen LogP contribution in [0.25, 0.3) is 11.0 Å². The topological polar surface area (TPSA) is 93.9 Å². The average Bonchev–Trinajstić information content (AvgIpc) is 3.46. The van der Waals surface area contributed by atoms with Crippen LogP contribution in [0.1, 0.15) is 79.3 Å². The van der Waals surface area contributed by atoms with Crippen LogP contribution in [-0.4, -0.2) is 40.6 Å². The number of para-hydroxylation sites is 1. The van der Waals surface area contributed by atoms with Gasteiger partial charge in [-0.15, -0.1) is 0 Å². The van der Waals surface area contributed by atoms with Crippen LogP contribution in [0.3, 0.4) is 0 Å². The van der Waals surface area contributed by atoms with Gasteiger partial charge in [-0.3, -0.25) is 4.79 Å². The van der Waals surface area contributed by atoms with Crippen LogP contribution in [0.2, 0.25) is 0 Å². The van der Waals surface area contributed by atoms with Crippen molar-refractivity contribution >= 4 is 32.5 Å². The zero-order valence-electron chi connectivity index (χ0n) is 19.6. The van der Waals surface area contributed by atoms with Gasteiger partial charge in [0.15, 0.2) is 15.5 Å². The molecule has 0 unspecified atom stereocenters. The molecule has 174 valence electrons. The highest BCUT2D eigenvalue weighted by Crippen LogP contribution is 2.41. The number of nitrogens with one attached hydrogen (secondary N) is 1. The average molecular weight is 467 g/mol. The fourth-order valence-corrected chi connectivity index (χ4v) is 6.45. The summed E-state index contributed by atoms with van der Waals surface area (Å²) in [5.41, 5.74) is 4.49. The second kappa shape index (κ2) is 7.65. The predicted octanol–water partition coefficient (Wildman–Crippen LogP) is 4.53. The van der Waals surface area contributed by atoms with Crippen LogP contribution in [-0.2, 0) is 15.3 Å². The van der Waals surface area contributed by atoms with Crippen LogP contribution in [0.5, 0.6) is 0 Å². The van der Waals surface area contributed by atoms with Gasteiger partial charge >= 0.3 is 0 Å². The van der Waals surface area contributed by atoms with E-state index in [1.807, 2.05) is 37.3 Å². The standard InChI is InChI=1S/C25H30N4O3S/c1-15-22-18(24(30)27-20-8-6-5-7-19(20)25(2,3)4)13-21(16-9-10-16)26-23(22)29(28-15)17-11-12-33(31,32)14-17/h5-8,13,16-17H,9-12,14H2,1-4H3,(H,27,30)/t17-/m1/s1. The first-order valence-corrected chi connectivity index (χ1v) is 13.4. The summed E-state index contributed by atoms with van der Waals surface area (Å²) < 4.78 is 26.0. The minimum absolute atomic E-state index is 0.0685. The molecule has 1 aliphatic heterocycles. The number of carbonyl (C=O) groups excluding carboxylic acids is 1. The Morgan fingerprint density at radius 1 is 1.15 bits per heavy atom. The van der Waals surface area contributed by atoms with Crippen molar-refractivity contribution in [3.8, 4) is 0 Å². The number of pyridine rings is 1. The molecule has 1 aliphatic carbocycles. The molecule has 0 bridgehead atoms. The Balaban J connectivity index is 1.61. The van der Waals surface area contributed by atoms with Crippen molar-refractivity contribution in [1.82, 2.24) is 14.8 Å². The molecular weight excluding hydrogens is 436 g/mol. The number of benzene rings is 1. The Morgan fingerprint density at radius 2 is 1.88 bits per heavy atom. The van der Waals surface area contributed by atoms with Gasteiger partial charge in [-0.05, 0) is 49.3 Å². The molecule has 1 saturated carbocycles. The number of nitrogens with zero attached hydrogens (tertiary/aromatic N) is 3. The Morgan fingerprint density at radius 3 is 2.52 bits per heavy atom. The maximum atomic E-state index is 13.6. The fourth-order valence-electron chi connectivity index (χ4n) is 4.76. The monoisotopic (exact) mass is 466 g/mol. The number of aromatic nitrogens is 3. The zero-order valence-corrected chi connectivity index (χ0v) is 20.4. The predicted molar refractivity (Wildman–Crippen MR) is 130 cm³/mol. The van der Waals surface area contributed by atoms with E-state index < -0.39 is 9.84 Å². The Hall–Kier alpha value is -2.74. The van der Waals surface area contributed by atoms with Gasteiger partial charge in [-0.25, -0.2) is 18.1 Å². The smallest absolute Gasteiger partial charge is 0.256 e. The molecule has 2 aliphatic rings. The molecule has 2 fully saturated rings. The van der Waals surface area contributed by atoms with Gasteiger partial charge < -0.3 is 5.32 Å². The van der Waals surface area contributed by atoms with Crippen molar-refractivity contribution in [3.63, 3.8) is 0 Å². The first kappa shape index (κ1) is 22.1. The first-order chi connectivity index (χ1) is 15.5. The summed E-state index contributed by atoms with van der Waals surface area (Å²) in [4.78, 5) is 18.5. The van der Waals surface area contributed by atoms with Crippen molar-refractivity contribution in [2.24, 2.45) is 0 Å². The van der Waals surface area contributed by atoms with Crippen molar-refractivity contribution in [2.45, 2.75) is 64.3 Å². The summed E-state index contributed by atoms with van der Waals surface area (Å²) in [6.07, 6.45) is 2.63. The van der Waals surface area contributed by atoms with Gasteiger partial charge in [-0.1, -0.05) is 39.0 Å². The molecule has 33 heavy (non-hydrogen) atoms. The lowest BCUT2D eigenvalue weighted by atomic mass is 9.86. The fraction of sp³-hybridized carbons (Fsp3) is 0.480. The molecule has 3 aromatic rings. The number of rotatable bonds is 4. The lowest BCUT2D eigenvalue weighted by molar-refractivity contribution is 0.102. The molecular formula is C25H30N4O3S. The molecule has 8 heteroatoms. The maximum Gasteiger partial charge on any atom is 0.256 e. The highest BCUT2D eigenvalue weighted by Gasteiger charge is 2.34. The Labute approximate surface area is 194 Å². The van der Waals surface area contributed by atoms with Gasteiger partial charge in [0.2, 0.25) is 0 Å². The maximum absolute atomic E-state index is 13.6. The summed E-state index contributed by atoms with van der Waals surface area (Å²) in [7, 11) is -3.07. The van der Waals surface area contributed by atoms with Crippen LogP contribution < -0.4 is 5.32 Å². The second-order valence-electron chi connectivity index (χ2n) is 10.4. The highest BCUT2D eigenvalue weighted by atomic mass is 32.2. The zero-order chi connectivity index (χ0) is 23.5. The second-order valence-corrected chi connectivity index (χ2v) is 12.6. The highest BCUT2D eigenvalue weighted by molar-refractivity contribution is 7.91. The summed E-state index contributed by atoms with van der Waals surface area (Å²) >= 11 is 0. The summed E-state index contributed by atoms with van der Waals surface area (Å²) in [5.74, 6) is 0.387. The number of hydrogen-bond acceptors (Lipinski definition) is 5. The van der Waals surface area contributed by atoms with E-state index in [9.17, 15) is 13.2 Å². The molecule has 0 spiro atoms. The summed E-state index contributed by atoms with van der Waals surface area (Å²) in [6.45, 7) is 8.23. The van der Waals surface area contributed by atoms with Crippen molar-refractivity contribution < 1.29 is 13.2 Å². The van der Waals surface area contributed by atoms with E-state index in [4.69, 9.17) is 4.98 Å². The largest absolute Gasteiger partial charge is 0.322 e. The van der Waals surface area contributed by atoms with E-state index in [2.05, 4.69) is 31.2 Å². The molecule has 1 atom stereocenters. The van der Waals surface area contributed by atoms with Crippen molar-refractivity contribution in [1.29, 1.82) is 0 Å². The number of aryl methyl sites for hydroxylation is 1. The van der Waals surface area contributed by atoms with E-state index >= 15 is 0 Å². The number of sulfone groups is 1. The van der Waals surface area contributed by atoms with E-state index in [0.29, 0.717) is 34.6 Å². The number of carbonyl (C=O) groups is 1. The van der Waals surface area contributed by atoms with E-state index in [1.165, 1.54) is 0 Å². The molecule has 3 heterocycles. The van der Waals surface area contributed by atoms with E-state index in [0.717, 1.165) is 29.8 Å². The summed E-state index contributed by atoms with van der Waals surface area (Å²) in [5, 5.41) is 8.51. The molecule has 7 nitrogen and oxygen atoms in total. The van der Waals surface area contributed by atoms with Gasteiger partial charge in [0.05, 0.1) is 34.2 Å². The number of anilines is 1. The quantitative estimate of drug-likeness (QED) is 0.610. The lowest BCUT2D eigenvalue weighted by Crippen LogP contribution is -2.19. The van der Waals surface area contributed by atoms with Gasteiger partial charge in [0, 0.05) is 17.3 Å². The van der Waals surface area contributed by atoms with Gasteiger partial charge in [-0.2, -0.15) is 5.10 Å². The van der Waals surface area contributed by atoms with Crippen LogP contribution in [0, 0.1) is 6.92 Å².